The van der Waals surface area contributed by atoms with Crippen molar-refractivity contribution < 1.29 is 4.92 Å². The number of nitrogens with one attached hydrogen (secondary N) is 1. The minimum Gasteiger partial charge on any atom is -0.399 e. The van der Waals surface area contributed by atoms with E-state index in [4.69, 9.17) is 5.73 Å². The highest BCUT2D eigenvalue weighted by Gasteiger charge is 2.33. The molecule has 0 amide bonds. The second-order valence-corrected chi connectivity index (χ2v) is 11.6. The van der Waals surface area contributed by atoms with Crippen LogP contribution >= 0.6 is 0 Å². The van der Waals surface area contributed by atoms with Gasteiger partial charge in [-0.3, -0.25) is 20.1 Å². The van der Waals surface area contributed by atoms with Crippen molar-refractivity contribution in [3.05, 3.63) is 141 Å². The molecule has 3 aromatic carbocycles. The molecule has 3 N–H and O–H groups in total. The Balaban J connectivity index is 0.000000105. The lowest BCUT2D eigenvalue weighted by Gasteiger charge is -2.26. The number of rotatable bonds is 1. The first kappa shape index (κ1) is 27.0. The van der Waals surface area contributed by atoms with Crippen LogP contribution in [0, 0.1) is 10.1 Å². The third-order valence-corrected chi connectivity index (χ3v) is 8.98. The fourth-order valence-corrected chi connectivity index (χ4v) is 6.99. The number of nitrogens with two attached hydrogens (primary N) is 1. The number of nitro benzene ring substituents is 1. The Morgan fingerprint density at radius 2 is 1.47 bits per heavy atom. The molecule has 2 aromatic heterocycles. The summed E-state index contributed by atoms with van der Waals surface area (Å²) in [6.45, 7) is 1.19. The molecule has 4 aliphatic rings. The highest BCUT2D eigenvalue weighted by atomic mass is 16.6. The molecule has 9 rings (SSSR count). The van der Waals surface area contributed by atoms with Crippen molar-refractivity contribution in [2.45, 2.75) is 44.1 Å². The van der Waals surface area contributed by atoms with Crippen LogP contribution in [-0.2, 0) is 19.3 Å². The van der Waals surface area contributed by atoms with E-state index in [1.165, 1.54) is 59.3 Å². The van der Waals surface area contributed by atoms with Crippen molar-refractivity contribution in [3.63, 3.8) is 0 Å². The molecule has 0 saturated carbocycles. The van der Waals surface area contributed by atoms with Gasteiger partial charge >= 0.3 is 0 Å². The summed E-state index contributed by atoms with van der Waals surface area (Å²) in [4.78, 5) is 19.0. The fourth-order valence-electron chi connectivity index (χ4n) is 6.99. The van der Waals surface area contributed by atoms with Gasteiger partial charge in [0, 0.05) is 60.2 Å². The number of nitro groups is 1. The number of pyridine rings is 2. The van der Waals surface area contributed by atoms with Gasteiger partial charge in [0.1, 0.15) is 0 Å². The van der Waals surface area contributed by atoms with Crippen LogP contribution in [0.5, 0.6) is 0 Å². The standard InChI is InChI=1S/C12H8N2O2.C12H16N2.C12H9N/c15-14(16)9-3-4-10-8(6-9)7-12-11(10)2-1-5-13-12;13-9-3-4-10-8(6-9)7-12-11(10)2-1-5-14-12;1-2-5-10-9(4-1)8-12-11(10)6-3-7-13-12/h1-6H,7H2;3-4,6,11-12,14H,1-2,5,7,13H2;1-7H,8H2/t;11-,12+;/m.1./s1. The Morgan fingerprint density at radius 3 is 2.23 bits per heavy atom. The summed E-state index contributed by atoms with van der Waals surface area (Å²) in [6, 6.07) is 28.6. The van der Waals surface area contributed by atoms with Gasteiger partial charge in [0.05, 0.1) is 16.3 Å². The average Bonchev–Trinajstić information content (AvgIpc) is 3.72. The van der Waals surface area contributed by atoms with E-state index in [0.717, 1.165) is 40.4 Å². The van der Waals surface area contributed by atoms with Crippen LogP contribution < -0.4 is 11.1 Å². The van der Waals surface area contributed by atoms with Gasteiger partial charge in [0.2, 0.25) is 0 Å². The van der Waals surface area contributed by atoms with Gasteiger partial charge in [-0.15, -0.1) is 0 Å². The molecule has 214 valence electrons. The lowest BCUT2D eigenvalue weighted by Crippen LogP contribution is -2.37. The van der Waals surface area contributed by atoms with Crippen LogP contribution in [0.3, 0.4) is 0 Å². The molecule has 1 fully saturated rings. The van der Waals surface area contributed by atoms with Gasteiger partial charge < -0.3 is 11.1 Å². The zero-order valence-corrected chi connectivity index (χ0v) is 23.9. The van der Waals surface area contributed by atoms with Crippen molar-refractivity contribution in [1.29, 1.82) is 0 Å². The molecular formula is C36H33N5O2. The molecular weight excluding hydrogens is 534 g/mol. The molecule has 0 unspecified atom stereocenters. The summed E-state index contributed by atoms with van der Waals surface area (Å²) in [7, 11) is 0. The number of aromatic nitrogens is 2. The lowest BCUT2D eigenvalue weighted by atomic mass is 9.90. The zero-order chi connectivity index (χ0) is 29.3. The quantitative estimate of drug-likeness (QED) is 0.127. The SMILES string of the molecule is Nc1ccc2c(c1)C[C@@H]1NCCC[C@H]21.O=[N+]([O-])c1ccc2c(c1)Cc1ncccc1-2.c1ccc2c(c1)Cc1ncccc1-2. The van der Waals surface area contributed by atoms with Gasteiger partial charge in [0.25, 0.3) is 5.69 Å². The van der Waals surface area contributed by atoms with Crippen LogP contribution in [0.4, 0.5) is 11.4 Å². The van der Waals surface area contributed by atoms with E-state index in [1.54, 1.807) is 24.4 Å². The van der Waals surface area contributed by atoms with Crippen LogP contribution in [0.15, 0.2) is 97.3 Å². The number of benzene rings is 3. The van der Waals surface area contributed by atoms with Crippen LogP contribution in [0.1, 0.15) is 52.4 Å². The van der Waals surface area contributed by atoms with E-state index in [-0.39, 0.29) is 10.6 Å². The number of nitrogens with zero attached hydrogens (tertiary/aromatic N) is 3. The van der Waals surface area contributed by atoms with Crippen LogP contribution in [-0.4, -0.2) is 27.5 Å². The predicted molar refractivity (Wildman–Crippen MR) is 170 cm³/mol. The number of fused-ring (bicyclic) bond motifs is 9. The van der Waals surface area contributed by atoms with Gasteiger partial charge in [-0.05, 0) is 95.4 Å². The van der Waals surface area contributed by atoms with Gasteiger partial charge in [-0.25, -0.2) is 0 Å². The first-order chi connectivity index (χ1) is 21.0. The van der Waals surface area contributed by atoms with Gasteiger partial charge in [0.15, 0.2) is 0 Å². The highest BCUT2D eigenvalue weighted by Crippen LogP contribution is 2.39. The Morgan fingerprint density at radius 1 is 0.767 bits per heavy atom. The number of non-ortho nitro benzene ring substituents is 1. The van der Waals surface area contributed by atoms with Gasteiger partial charge in [-0.2, -0.15) is 0 Å². The Kier molecular flexibility index (Phi) is 7.17. The molecule has 0 bridgehead atoms. The molecule has 3 heterocycles. The van der Waals surface area contributed by atoms with Crippen LogP contribution in [0.25, 0.3) is 22.3 Å². The summed E-state index contributed by atoms with van der Waals surface area (Å²) in [6.07, 6.45) is 9.12. The number of hydrogen-bond acceptors (Lipinski definition) is 6. The number of piperidine rings is 1. The minimum absolute atomic E-state index is 0.145. The molecule has 1 aliphatic heterocycles. The third kappa shape index (κ3) is 5.28. The van der Waals surface area contributed by atoms with Crippen molar-refractivity contribution >= 4 is 11.4 Å². The van der Waals surface area contributed by atoms with Crippen molar-refractivity contribution in [2.75, 3.05) is 12.3 Å². The van der Waals surface area contributed by atoms with E-state index in [0.29, 0.717) is 12.5 Å². The van der Waals surface area contributed by atoms with E-state index < -0.39 is 0 Å². The summed E-state index contributed by atoms with van der Waals surface area (Å²) in [5.41, 5.74) is 19.3. The lowest BCUT2D eigenvalue weighted by molar-refractivity contribution is -0.384. The largest absolute Gasteiger partial charge is 0.399 e. The van der Waals surface area contributed by atoms with Crippen molar-refractivity contribution in [3.8, 4) is 22.3 Å². The predicted octanol–water partition coefficient (Wildman–Crippen LogP) is 6.87. The van der Waals surface area contributed by atoms with Crippen LogP contribution in [0.2, 0.25) is 0 Å². The van der Waals surface area contributed by atoms with Gasteiger partial charge in [-0.1, -0.05) is 42.5 Å². The molecule has 5 aromatic rings. The summed E-state index contributed by atoms with van der Waals surface area (Å²) >= 11 is 0. The first-order valence-corrected chi connectivity index (χ1v) is 14.9. The van der Waals surface area contributed by atoms with Crippen molar-refractivity contribution in [2.24, 2.45) is 0 Å². The number of nitrogen functional groups attached to an aromatic ring is 1. The summed E-state index contributed by atoms with van der Waals surface area (Å²) in [5, 5.41) is 14.3. The van der Waals surface area contributed by atoms with E-state index >= 15 is 0 Å². The maximum atomic E-state index is 10.7. The average molecular weight is 568 g/mol. The molecule has 7 nitrogen and oxygen atoms in total. The molecule has 0 spiro atoms. The first-order valence-electron chi connectivity index (χ1n) is 14.9. The molecule has 1 saturated heterocycles. The topological polar surface area (TPSA) is 107 Å². The summed E-state index contributed by atoms with van der Waals surface area (Å²) in [5.74, 6) is 0.749. The van der Waals surface area contributed by atoms with E-state index in [1.807, 2.05) is 30.5 Å². The summed E-state index contributed by atoms with van der Waals surface area (Å²) < 4.78 is 0. The molecule has 2 atom stereocenters. The zero-order valence-electron chi connectivity index (χ0n) is 23.9. The smallest absolute Gasteiger partial charge is 0.269 e. The van der Waals surface area contributed by atoms with E-state index in [9.17, 15) is 10.1 Å². The van der Waals surface area contributed by atoms with E-state index in [2.05, 4.69) is 57.7 Å². The normalized spacial score (nSPS) is 17.9. The Hall–Kier alpha value is -4.88. The monoisotopic (exact) mass is 567 g/mol. The second kappa shape index (κ2) is 11.4. The molecule has 43 heavy (non-hydrogen) atoms. The maximum Gasteiger partial charge on any atom is 0.269 e. The molecule has 3 aliphatic carbocycles. The maximum absolute atomic E-state index is 10.7. The van der Waals surface area contributed by atoms with Crippen molar-refractivity contribution in [1.82, 2.24) is 15.3 Å². The molecule has 7 heteroatoms. The minimum atomic E-state index is -0.364. The Labute approximate surface area is 251 Å². The fraction of sp³-hybridized carbons (Fsp3) is 0.222. The Bertz CT molecular complexity index is 1790. The highest BCUT2D eigenvalue weighted by molar-refractivity contribution is 5.76. The molecule has 0 radical (unpaired) electrons. The second-order valence-electron chi connectivity index (χ2n) is 11.6. The number of anilines is 1. The third-order valence-electron chi connectivity index (χ3n) is 8.98. The number of hydrogen-bond donors (Lipinski definition) is 2.